The van der Waals surface area contributed by atoms with Gasteiger partial charge in [0.15, 0.2) is 0 Å². The Kier molecular flexibility index (Phi) is 5.30. The summed E-state index contributed by atoms with van der Waals surface area (Å²) in [5.41, 5.74) is 3.18. The van der Waals surface area contributed by atoms with Gasteiger partial charge in [-0.05, 0) is 43.4 Å². The molecule has 0 spiro atoms. The normalized spacial score (nSPS) is 26.5. The van der Waals surface area contributed by atoms with Gasteiger partial charge in [-0.15, -0.1) is 0 Å². The summed E-state index contributed by atoms with van der Waals surface area (Å²) in [4.78, 5) is 29.7. The first-order valence-corrected chi connectivity index (χ1v) is 10.2. The highest BCUT2D eigenvalue weighted by Gasteiger charge is 2.45. The van der Waals surface area contributed by atoms with Gasteiger partial charge in [0.2, 0.25) is 11.8 Å². The second-order valence-corrected chi connectivity index (χ2v) is 7.66. The molecule has 27 heavy (non-hydrogen) atoms. The second-order valence-electron chi connectivity index (χ2n) is 7.66. The number of hydrogen-bond donors (Lipinski definition) is 0. The number of ether oxygens (including phenoxy) is 1. The third kappa shape index (κ3) is 3.53. The molecule has 1 aromatic carbocycles. The van der Waals surface area contributed by atoms with Crippen molar-refractivity contribution in [3.63, 3.8) is 0 Å². The Hall–Kier alpha value is -2.14. The molecule has 0 aromatic heterocycles. The Morgan fingerprint density at radius 1 is 1.07 bits per heavy atom. The zero-order chi connectivity index (χ0) is 18.8. The minimum atomic E-state index is -0.238. The van der Waals surface area contributed by atoms with Crippen LogP contribution in [0, 0.1) is 11.8 Å². The Morgan fingerprint density at radius 2 is 1.81 bits per heavy atom. The quantitative estimate of drug-likeness (QED) is 0.766. The first-order chi connectivity index (χ1) is 13.2. The number of amides is 2. The van der Waals surface area contributed by atoms with E-state index < -0.39 is 0 Å². The van der Waals surface area contributed by atoms with E-state index >= 15 is 0 Å². The van der Waals surface area contributed by atoms with Crippen LogP contribution >= 0.6 is 0 Å². The number of carbonyl (C=O) groups is 2. The van der Waals surface area contributed by atoms with Crippen molar-refractivity contribution in [3.05, 3.63) is 41.6 Å². The number of benzene rings is 1. The van der Waals surface area contributed by atoms with Crippen LogP contribution in [-0.2, 0) is 20.7 Å². The molecule has 2 amide bonds. The lowest BCUT2D eigenvalue weighted by molar-refractivity contribution is -0.123. The molecule has 2 heterocycles. The van der Waals surface area contributed by atoms with E-state index in [1.165, 1.54) is 16.2 Å². The fourth-order valence-corrected chi connectivity index (χ4v) is 4.60. The third-order valence-electron chi connectivity index (χ3n) is 6.10. The van der Waals surface area contributed by atoms with Crippen molar-refractivity contribution in [3.8, 4) is 0 Å². The van der Waals surface area contributed by atoms with Crippen LogP contribution in [0.25, 0.3) is 0 Å². The number of morpholine rings is 1. The van der Waals surface area contributed by atoms with Crippen LogP contribution in [0.2, 0.25) is 0 Å². The number of anilines is 1. The minimum Gasteiger partial charge on any atom is -0.378 e. The van der Waals surface area contributed by atoms with Gasteiger partial charge >= 0.3 is 0 Å². The summed E-state index contributed by atoms with van der Waals surface area (Å²) in [6.45, 7) is 5.31. The van der Waals surface area contributed by atoms with E-state index in [2.05, 4.69) is 17.9 Å². The zero-order valence-corrected chi connectivity index (χ0v) is 16.0. The Balaban J connectivity index is 1.56. The molecule has 3 aliphatic rings. The maximum absolute atomic E-state index is 13.2. The van der Waals surface area contributed by atoms with Crippen molar-refractivity contribution in [1.82, 2.24) is 4.90 Å². The predicted molar refractivity (Wildman–Crippen MR) is 104 cm³/mol. The first kappa shape index (κ1) is 18.2. The van der Waals surface area contributed by atoms with Crippen molar-refractivity contribution in [1.29, 1.82) is 0 Å². The molecular weight excluding hydrogens is 340 g/mol. The highest BCUT2D eigenvalue weighted by molar-refractivity contribution is 6.21. The van der Waals surface area contributed by atoms with Crippen LogP contribution in [0.4, 0.5) is 5.69 Å². The number of carbonyl (C=O) groups excluding carboxylic acids is 2. The average Bonchev–Trinajstić information content (AvgIpc) is 3.02. The lowest BCUT2D eigenvalue weighted by Crippen LogP contribution is -2.41. The summed E-state index contributed by atoms with van der Waals surface area (Å²) in [7, 11) is 0. The fourth-order valence-electron chi connectivity index (χ4n) is 4.60. The number of allylic oxidation sites excluding steroid dienone is 2. The summed E-state index contributed by atoms with van der Waals surface area (Å²) in [6, 6.07) is 7.80. The van der Waals surface area contributed by atoms with E-state index in [0.29, 0.717) is 12.1 Å². The molecule has 2 fully saturated rings. The standard InChI is InChI=1S/C22H28N2O3/c1-2-16-7-9-17(10-8-16)24-21(25)15-19(22(24)26)18-5-3-4-6-20(18)23-11-13-27-14-12-23/h6-10,18-19H,2-5,11-15H2,1H3. The molecule has 0 bridgehead atoms. The second kappa shape index (κ2) is 7.85. The number of aryl methyl sites for hydroxylation is 1. The van der Waals surface area contributed by atoms with Crippen LogP contribution in [-0.4, -0.2) is 43.0 Å². The molecule has 2 saturated heterocycles. The van der Waals surface area contributed by atoms with Crippen LogP contribution in [0.3, 0.4) is 0 Å². The van der Waals surface area contributed by atoms with Crippen LogP contribution in [0.5, 0.6) is 0 Å². The van der Waals surface area contributed by atoms with Crippen molar-refractivity contribution >= 4 is 17.5 Å². The van der Waals surface area contributed by atoms with Gasteiger partial charge in [-0.25, -0.2) is 0 Å². The van der Waals surface area contributed by atoms with Crippen molar-refractivity contribution in [2.24, 2.45) is 11.8 Å². The number of nitrogens with zero attached hydrogens (tertiary/aromatic N) is 2. The highest BCUT2D eigenvalue weighted by atomic mass is 16.5. The minimum absolute atomic E-state index is 0.0321. The van der Waals surface area contributed by atoms with Gasteiger partial charge < -0.3 is 9.64 Å². The lowest BCUT2D eigenvalue weighted by Gasteiger charge is -2.38. The predicted octanol–water partition coefficient (Wildman–Crippen LogP) is 3.14. The molecule has 0 radical (unpaired) electrons. The van der Waals surface area contributed by atoms with Gasteiger partial charge in [0.1, 0.15) is 0 Å². The average molecular weight is 368 g/mol. The molecule has 1 aliphatic carbocycles. The fraction of sp³-hybridized carbons (Fsp3) is 0.545. The van der Waals surface area contributed by atoms with E-state index in [9.17, 15) is 9.59 Å². The largest absolute Gasteiger partial charge is 0.378 e. The lowest BCUT2D eigenvalue weighted by atomic mass is 9.80. The van der Waals surface area contributed by atoms with Gasteiger partial charge in [-0.2, -0.15) is 0 Å². The zero-order valence-electron chi connectivity index (χ0n) is 16.0. The molecule has 2 aliphatic heterocycles. The summed E-state index contributed by atoms with van der Waals surface area (Å²) in [5.74, 6) is -0.192. The molecule has 5 nitrogen and oxygen atoms in total. The third-order valence-corrected chi connectivity index (χ3v) is 6.10. The summed E-state index contributed by atoms with van der Waals surface area (Å²) >= 11 is 0. The maximum atomic E-state index is 13.2. The van der Waals surface area contributed by atoms with Crippen LogP contribution in [0.1, 0.15) is 38.2 Å². The molecule has 144 valence electrons. The van der Waals surface area contributed by atoms with Crippen LogP contribution < -0.4 is 4.90 Å². The van der Waals surface area contributed by atoms with Gasteiger partial charge in [-0.1, -0.05) is 25.1 Å². The molecule has 2 unspecified atom stereocenters. The molecular formula is C22H28N2O3. The molecule has 1 aromatic rings. The summed E-state index contributed by atoms with van der Waals surface area (Å²) in [5, 5.41) is 0. The van der Waals surface area contributed by atoms with Gasteiger partial charge in [0, 0.05) is 31.1 Å². The Bertz CT molecular complexity index is 734. The van der Waals surface area contributed by atoms with Gasteiger partial charge in [-0.3, -0.25) is 14.5 Å². The van der Waals surface area contributed by atoms with E-state index in [1.54, 1.807) is 0 Å². The molecule has 5 heteroatoms. The number of rotatable bonds is 4. The smallest absolute Gasteiger partial charge is 0.238 e. The van der Waals surface area contributed by atoms with Crippen LogP contribution in [0.15, 0.2) is 36.0 Å². The maximum Gasteiger partial charge on any atom is 0.238 e. The van der Waals surface area contributed by atoms with E-state index in [-0.39, 0.29) is 23.7 Å². The van der Waals surface area contributed by atoms with Crippen molar-refractivity contribution in [2.45, 2.75) is 39.0 Å². The Morgan fingerprint density at radius 3 is 2.52 bits per heavy atom. The summed E-state index contributed by atoms with van der Waals surface area (Å²) in [6.07, 6.45) is 6.68. The Labute approximate surface area is 161 Å². The van der Waals surface area contributed by atoms with Crippen molar-refractivity contribution in [2.75, 3.05) is 31.2 Å². The van der Waals surface area contributed by atoms with Gasteiger partial charge in [0.05, 0.1) is 24.8 Å². The first-order valence-electron chi connectivity index (χ1n) is 10.2. The monoisotopic (exact) mass is 368 g/mol. The molecule has 4 rings (SSSR count). The van der Waals surface area contributed by atoms with E-state index in [1.807, 2.05) is 24.3 Å². The topological polar surface area (TPSA) is 49.9 Å². The molecule has 0 N–H and O–H groups in total. The molecule has 2 atom stereocenters. The number of imide groups is 1. The SMILES string of the molecule is CCc1ccc(N2C(=O)CC(C3CCCC=C3N3CCOCC3)C2=O)cc1. The highest BCUT2D eigenvalue weighted by Crippen LogP contribution is 2.40. The van der Waals surface area contributed by atoms with Gasteiger partial charge in [0.25, 0.3) is 0 Å². The summed E-state index contributed by atoms with van der Waals surface area (Å²) < 4.78 is 5.48. The van der Waals surface area contributed by atoms with E-state index in [4.69, 9.17) is 4.74 Å². The molecule has 0 saturated carbocycles. The van der Waals surface area contributed by atoms with Crippen molar-refractivity contribution < 1.29 is 14.3 Å². The van der Waals surface area contributed by atoms with E-state index in [0.717, 1.165) is 52.0 Å². The number of hydrogen-bond acceptors (Lipinski definition) is 4.